The maximum Gasteiger partial charge on any atom is 0.411 e. The summed E-state index contributed by atoms with van der Waals surface area (Å²) >= 11 is 1.61. The van der Waals surface area contributed by atoms with E-state index in [1.54, 1.807) is 35.6 Å². The minimum atomic E-state index is -4.31. The zero-order valence-corrected chi connectivity index (χ0v) is 13.8. The second-order valence-electron chi connectivity index (χ2n) is 5.33. The van der Waals surface area contributed by atoms with Gasteiger partial charge in [-0.25, -0.2) is 0 Å². The van der Waals surface area contributed by atoms with E-state index in [0.29, 0.717) is 24.9 Å². The molecule has 0 aliphatic rings. The van der Waals surface area contributed by atoms with Gasteiger partial charge in [0.2, 0.25) is 5.91 Å². The van der Waals surface area contributed by atoms with Gasteiger partial charge >= 0.3 is 6.18 Å². The van der Waals surface area contributed by atoms with Gasteiger partial charge in [0, 0.05) is 13.0 Å². The molecule has 0 fully saturated rings. The number of halogens is 3. The van der Waals surface area contributed by atoms with E-state index < -0.39 is 12.8 Å². The van der Waals surface area contributed by atoms with Crippen molar-refractivity contribution in [3.05, 3.63) is 57.8 Å². The van der Waals surface area contributed by atoms with Gasteiger partial charge in [-0.05, 0) is 39.9 Å². The third kappa shape index (κ3) is 7.14. The molecule has 0 radical (unpaired) electrons. The molecule has 0 atom stereocenters. The molecule has 0 saturated heterocycles. The Balaban J connectivity index is 1.68. The molecule has 130 valence electrons. The molecule has 0 aliphatic carbocycles. The average molecular weight is 357 g/mol. The highest BCUT2D eigenvalue weighted by Gasteiger charge is 2.27. The molecule has 1 amide bonds. The fourth-order valence-corrected chi connectivity index (χ4v) is 2.72. The molecule has 0 aliphatic heterocycles. The monoisotopic (exact) mass is 357 g/mol. The Morgan fingerprint density at radius 3 is 2.42 bits per heavy atom. The van der Waals surface area contributed by atoms with E-state index in [4.69, 9.17) is 0 Å². The normalized spacial score (nSPS) is 11.5. The zero-order chi connectivity index (χ0) is 17.4. The second kappa shape index (κ2) is 8.84. The van der Waals surface area contributed by atoms with Gasteiger partial charge in [-0.3, -0.25) is 4.79 Å². The Morgan fingerprint density at radius 2 is 1.79 bits per heavy atom. The number of nitrogens with one attached hydrogen (secondary N) is 1. The highest BCUT2D eigenvalue weighted by atomic mass is 32.1. The second-order valence-corrected chi connectivity index (χ2v) is 6.11. The van der Waals surface area contributed by atoms with E-state index in [-0.39, 0.29) is 12.5 Å². The lowest BCUT2D eigenvalue weighted by molar-refractivity contribution is -0.176. The number of carbonyl (C=O) groups is 1. The number of carbonyl (C=O) groups excluding carboxylic acids is 1. The Labute approximate surface area is 142 Å². The lowest BCUT2D eigenvalue weighted by atomic mass is 10.1. The first-order chi connectivity index (χ1) is 11.4. The lowest BCUT2D eigenvalue weighted by Gasteiger charge is -2.09. The SMILES string of the molecule is O=C(CCc1ccsc1)NCc1ccc(COCC(F)(F)F)cc1. The van der Waals surface area contributed by atoms with Gasteiger partial charge in [-0.2, -0.15) is 24.5 Å². The van der Waals surface area contributed by atoms with Crippen molar-refractivity contribution in [1.82, 2.24) is 5.32 Å². The van der Waals surface area contributed by atoms with Crippen LogP contribution in [-0.4, -0.2) is 18.7 Å². The van der Waals surface area contributed by atoms with Gasteiger partial charge in [0.25, 0.3) is 0 Å². The first-order valence-corrected chi connectivity index (χ1v) is 8.37. The van der Waals surface area contributed by atoms with E-state index >= 15 is 0 Å². The van der Waals surface area contributed by atoms with Crippen LogP contribution in [0.2, 0.25) is 0 Å². The van der Waals surface area contributed by atoms with Crippen LogP contribution in [0.15, 0.2) is 41.1 Å². The van der Waals surface area contributed by atoms with Crippen LogP contribution in [-0.2, 0) is 29.1 Å². The van der Waals surface area contributed by atoms with Crippen LogP contribution >= 0.6 is 11.3 Å². The summed E-state index contributed by atoms with van der Waals surface area (Å²) in [7, 11) is 0. The lowest BCUT2D eigenvalue weighted by Crippen LogP contribution is -2.22. The summed E-state index contributed by atoms with van der Waals surface area (Å²) in [4.78, 5) is 11.8. The van der Waals surface area contributed by atoms with Crippen molar-refractivity contribution in [2.45, 2.75) is 32.2 Å². The predicted molar refractivity (Wildman–Crippen MR) is 86.6 cm³/mol. The number of rotatable bonds is 8. The molecule has 1 aromatic heterocycles. The number of hydrogen-bond acceptors (Lipinski definition) is 3. The fraction of sp³-hybridized carbons (Fsp3) is 0.353. The number of amides is 1. The van der Waals surface area contributed by atoms with Crippen LogP contribution in [0.5, 0.6) is 0 Å². The number of hydrogen-bond donors (Lipinski definition) is 1. The minimum Gasteiger partial charge on any atom is -0.367 e. The number of alkyl halides is 3. The van der Waals surface area contributed by atoms with Gasteiger partial charge in [-0.1, -0.05) is 24.3 Å². The standard InChI is InChI=1S/C17H18F3NO2S/c18-17(19,20)12-23-10-14-3-1-13(2-4-14)9-21-16(22)6-5-15-7-8-24-11-15/h1-4,7-8,11H,5-6,9-10,12H2,(H,21,22). The molecule has 3 nitrogen and oxygen atoms in total. The van der Waals surface area contributed by atoms with Crippen LogP contribution < -0.4 is 5.32 Å². The zero-order valence-electron chi connectivity index (χ0n) is 12.9. The summed E-state index contributed by atoms with van der Waals surface area (Å²) in [6.07, 6.45) is -3.17. The van der Waals surface area contributed by atoms with E-state index in [2.05, 4.69) is 10.1 Å². The maximum absolute atomic E-state index is 12.0. The highest BCUT2D eigenvalue weighted by molar-refractivity contribution is 7.07. The Bertz CT molecular complexity index is 624. The van der Waals surface area contributed by atoms with Crippen LogP contribution in [0, 0.1) is 0 Å². The predicted octanol–water partition coefficient (Wildman–Crippen LogP) is 4.08. The Morgan fingerprint density at radius 1 is 1.08 bits per heavy atom. The van der Waals surface area contributed by atoms with Crippen molar-refractivity contribution in [2.75, 3.05) is 6.61 Å². The van der Waals surface area contributed by atoms with Crippen molar-refractivity contribution >= 4 is 17.2 Å². The summed E-state index contributed by atoms with van der Waals surface area (Å²) < 4.78 is 40.6. The highest BCUT2D eigenvalue weighted by Crippen LogP contribution is 2.16. The Hall–Kier alpha value is -1.86. The fourth-order valence-electron chi connectivity index (χ4n) is 2.02. The van der Waals surface area contributed by atoms with Crippen molar-refractivity contribution in [1.29, 1.82) is 0 Å². The number of aryl methyl sites for hydroxylation is 1. The molecule has 24 heavy (non-hydrogen) atoms. The molecule has 2 aromatic rings. The molecule has 0 saturated carbocycles. The van der Waals surface area contributed by atoms with Crippen LogP contribution in [0.3, 0.4) is 0 Å². The van der Waals surface area contributed by atoms with E-state index in [1.807, 2.05) is 16.8 Å². The van der Waals surface area contributed by atoms with Gasteiger partial charge in [0.15, 0.2) is 0 Å². The van der Waals surface area contributed by atoms with Crippen molar-refractivity contribution in [2.24, 2.45) is 0 Å². The van der Waals surface area contributed by atoms with Crippen molar-refractivity contribution < 1.29 is 22.7 Å². The van der Waals surface area contributed by atoms with Crippen LogP contribution in [0.1, 0.15) is 23.1 Å². The van der Waals surface area contributed by atoms with Gasteiger partial charge in [0.1, 0.15) is 6.61 Å². The largest absolute Gasteiger partial charge is 0.411 e. The maximum atomic E-state index is 12.0. The molecule has 0 spiro atoms. The third-order valence-corrected chi connectivity index (χ3v) is 4.00. The molecule has 1 N–H and O–H groups in total. The molecule has 0 bridgehead atoms. The smallest absolute Gasteiger partial charge is 0.367 e. The van der Waals surface area contributed by atoms with Gasteiger partial charge in [-0.15, -0.1) is 0 Å². The first-order valence-electron chi connectivity index (χ1n) is 7.42. The summed E-state index contributed by atoms with van der Waals surface area (Å²) in [5.41, 5.74) is 2.70. The molecule has 1 aromatic carbocycles. The van der Waals surface area contributed by atoms with E-state index in [9.17, 15) is 18.0 Å². The average Bonchev–Trinajstić information content (AvgIpc) is 3.04. The molecule has 2 rings (SSSR count). The molecule has 7 heteroatoms. The number of benzene rings is 1. The van der Waals surface area contributed by atoms with Crippen molar-refractivity contribution in [3.8, 4) is 0 Å². The summed E-state index contributed by atoms with van der Waals surface area (Å²) in [6, 6.07) is 8.93. The number of ether oxygens (including phenoxy) is 1. The summed E-state index contributed by atoms with van der Waals surface area (Å²) in [5.74, 6) is -0.0289. The molecule has 1 heterocycles. The topological polar surface area (TPSA) is 38.3 Å². The first kappa shape index (κ1) is 18.5. The molecular weight excluding hydrogens is 339 g/mol. The summed E-state index contributed by atoms with van der Waals surface area (Å²) in [5, 5.41) is 6.83. The van der Waals surface area contributed by atoms with E-state index in [0.717, 1.165) is 11.1 Å². The molecule has 0 unspecified atom stereocenters. The quantitative estimate of drug-likeness (QED) is 0.773. The van der Waals surface area contributed by atoms with E-state index in [1.165, 1.54) is 0 Å². The number of thiophene rings is 1. The summed E-state index contributed by atoms with van der Waals surface area (Å²) in [6.45, 7) is -0.951. The van der Waals surface area contributed by atoms with Crippen molar-refractivity contribution in [3.63, 3.8) is 0 Å². The third-order valence-electron chi connectivity index (χ3n) is 3.27. The molecular formula is C17H18F3NO2S. The van der Waals surface area contributed by atoms with Gasteiger partial charge in [0.05, 0.1) is 6.61 Å². The minimum absolute atomic E-state index is 0.0289. The van der Waals surface area contributed by atoms with Crippen LogP contribution in [0.4, 0.5) is 13.2 Å². The van der Waals surface area contributed by atoms with Crippen LogP contribution in [0.25, 0.3) is 0 Å². The van der Waals surface area contributed by atoms with Gasteiger partial charge < -0.3 is 10.1 Å². The Kier molecular flexibility index (Phi) is 6.81.